The fraction of sp³-hybridized carbons (Fsp3) is 0.929. The molecular formula is C28H43F2N3O4. The fourth-order valence-corrected chi connectivity index (χ4v) is 9.99. The van der Waals surface area contributed by atoms with Gasteiger partial charge in [-0.2, -0.15) is 0 Å². The van der Waals surface area contributed by atoms with Gasteiger partial charge in [-0.1, -0.05) is 34.1 Å². The average Bonchev–Trinajstić information content (AvgIpc) is 3.18. The van der Waals surface area contributed by atoms with Gasteiger partial charge in [-0.25, -0.2) is 8.78 Å². The van der Waals surface area contributed by atoms with Gasteiger partial charge in [0.1, 0.15) is 0 Å². The van der Waals surface area contributed by atoms with Crippen molar-refractivity contribution in [2.45, 2.75) is 111 Å². The summed E-state index contributed by atoms with van der Waals surface area (Å²) in [4.78, 5) is 26.0. The van der Waals surface area contributed by atoms with E-state index in [1.54, 1.807) is 0 Å². The van der Waals surface area contributed by atoms with E-state index in [0.29, 0.717) is 25.2 Å². The van der Waals surface area contributed by atoms with Gasteiger partial charge in [0.15, 0.2) is 6.10 Å². The number of azide groups is 1. The van der Waals surface area contributed by atoms with Gasteiger partial charge in [0.05, 0.1) is 6.10 Å². The SMILES string of the molecule is CC[C@H]1[C@@H](O)[C@@H]2[C@H](CC[C@]3(C)[C@@H](C(C)CCC(=O)N=[N+]=[N-])CC[C@@H]23)[C@@]2(C)CC[C@@H](OC(C)=O)C(F)(F)[C@@H]12. The number of aliphatic hydroxyl groups excluding tert-OH is 1. The minimum Gasteiger partial charge on any atom is -0.456 e. The zero-order valence-corrected chi connectivity index (χ0v) is 22.8. The maximum Gasteiger partial charge on any atom is 0.303 e. The molecule has 37 heavy (non-hydrogen) atoms. The molecule has 9 heteroatoms. The number of esters is 1. The Balaban J connectivity index is 1.62. The molecule has 1 unspecified atom stereocenters. The van der Waals surface area contributed by atoms with Gasteiger partial charge < -0.3 is 9.84 Å². The number of carbonyl (C=O) groups is 2. The van der Waals surface area contributed by atoms with Crippen LogP contribution in [-0.2, 0) is 14.3 Å². The standard InChI is InChI=1S/C28H43F2N3O4/c1-6-17-24(36)23-19-9-8-18(15(2)7-10-22(35)32-33-31)26(19,4)13-11-20(23)27(5)14-12-21(37-16(3)34)28(29,30)25(17)27/h15,17-21,23-25,36H,6-14H2,1-5H3/t15?,17-,18+,19-,20-,21+,23-,24+,25-,26+,27+/m0/s1. The summed E-state index contributed by atoms with van der Waals surface area (Å²) < 4.78 is 37.2. The highest BCUT2D eigenvalue weighted by Crippen LogP contribution is 2.71. The van der Waals surface area contributed by atoms with E-state index in [1.807, 2.05) is 13.8 Å². The molecule has 4 rings (SSSR count). The van der Waals surface area contributed by atoms with E-state index >= 15 is 8.78 Å². The van der Waals surface area contributed by atoms with Crippen LogP contribution in [0, 0.1) is 52.3 Å². The number of ether oxygens (including phenoxy) is 1. The van der Waals surface area contributed by atoms with Crippen molar-refractivity contribution < 1.29 is 28.2 Å². The molecule has 4 aliphatic rings. The molecule has 7 nitrogen and oxygen atoms in total. The van der Waals surface area contributed by atoms with Crippen molar-refractivity contribution in [3.8, 4) is 0 Å². The second kappa shape index (κ2) is 10.1. The lowest BCUT2D eigenvalue weighted by atomic mass is 9.40. The van der Waals surface area contributed by atoms with Gasteiger partial charge in [-0.15, -0.1) is 0 Å². The number of hydrogen-bond acceptors (Lipinski definition) is 4. The lowest BCUT2D eigenvalue weighted by Crippen LogP contribution is -2.68. The largest absolute Gasteiger partial charge is 0.456 e. The summed E-state index contributed by atoms with van der Waals surface area (Å²) >= 11 is 0. The van der Waals surface area contributed by atoms with E-state index in [0.717, 1.165) is 25.7 Å². The van der Waals surface area contributed by atoms with Gasteiger partial charge in [0.2, 0.25) is 5.91 Å². The van der Waals surface area contributed by atoms with Crippen LogP contribution in [0.4, 0.5) is 8.78 Å². The maximum absolute atomic E-state index is 16.0. The van der Waals surface area contributed by atoms with Gasteiger partial charge in [0, 0.05) is 24.2 Å². The average molecular weight is 524 g/mol. The van der Waals surface area contributed by atoms with Crippen LogP contribution in [0.25, 0.3) is 10.4 Å². The molecule has 0 aromatic rings. The molecule has 11 atom stereocenters. The molecule has 0 aliphatic heterocycles. The predicted molar refractivity (Wildman–Crippen MR) is 134 cm³/mol. The molecule has 208 valence electrons. The second-order valence-electron chi connectivity index (χ2n) is 13.0. The van der Waals surface area contributed by atoms with Crippen molar-refractivity contribution in [3.05, 3.63) is 10.4 Å². The smallest absolute Gasteiger partial charge is 0.303 e. The van der Waals surface area contributed by atoms with Crippen LogP contribution >= 0.6 is 0 Å². The molecule has 0 heterocycles. The Bertz CT molecular complexity index is 956. The number of hydrogen-bond donors (Lipinski definition) is 1. The monoisotopic (exact) mass is 523 g/mol. The number of aliphatic hydroxyl groups is 1. The topological polar surface area (TPSA) is 112 Å². The number of amides is 1. The van der Waals surface area contributed by atoms with E-state index in [4.69, 9.17) is 10.3 Å². The van der Waals surface area contributed by atoms with E-state index in [-0.39, 0.29) is 41.9 Å². The first-order valence-corrected chi connectivity index (χ1v) is 14.1. The van der Waals surface area contributed by atoms with Crippen LogP contribution in [0.1, 0.15) is 92.4 Å². The van der Waals surface area contributed by atoms with Gasteiger partial charge >= 0.3 is 5.97 Å². The summed E-state index contributed by atoms with van der Waals surface area (Å²) in [5.41, 5.74) is 7.87. The Kier molecular flexibility index (Phi) is 7.72. The molecule has 0 aromatic carbocycles. The molecule has 0 bridgehead atoms. The third kappa shape index (κ3) is 4.48. The Labute approximate surface area is 218 Å². The van der Waals surface area contributed by atoms with Crippen LogP contribution in [0.5, 0.6) is 0 Å². The van der Waals surface area contributed by atoms with Crippen molar-refractivity contribution in [2.75, 3.05) is 0 Å². The summed E-state index contributed by atoms with van der Waals surface area (Å²) in [5, 5.41) is 15.0. The van der Waals surface area contributed by atoms with Crippen LogP contribution in [0.3, 0.4) is 0 Å². The van der Waals surface area contributed by atoms with Crippen LogP contribution in [-0.4, -0.2) is 35.1 Å². The van der Waals surface area contributed by atoms with E-state index in [2.05, 4.69) is 23.9 Å². The van der Waals surface area contributed by atoms with Crippen molar-refractivity contribution >= 4 is 11.9 Å². The minimum absolute atomic E-state index is 0.00173. The highest BCUT2D eigenvalue weighted by Gasteiger charge is 2.71. The molecule has 1 N–H and O–H groups in total. The van der Waals surface area contributed by atoms with Crippen molar-refractivity contribution in [3.63, 3.8) is 0 Å². The lowest BCUT2D eigenvalue weighted by Gasteiger charge is -2.66. The zero-order valence-electron chi connectivity index (χ0n) is 22.8. The summed E-state index contributed by atoms with van der Waals surface area (Å²) in [6.07, 6.45) is 3.48. The minimum atomic E-state index is -3.18. The van der Waals surface area contributed by atoms with Crippen LogP contribution in [0.15, 0.2) is 5.11 Å². The summed E-state index contributed by atoms with van der Waals surface area (Å²) in [5.74, 6) is -5.04. The normalized spacial score (nSPS) is 45.0. The maximum atomic E-state index is 16.0. The van der Waals surface area contributed by atoms with Crippen molar-refractivity contribution in [2.24, 2.45) is 57.4 Å². The first kappa shape index (κ1) is 28.3. The predicted octanol–water partition coefficient (Wildman–Crippen LogP) is 6.68. The lowest BCUT2D eigenvalue weighted by molar-refractivity contribution is -0.289. The molecule has 4 fully saturated rings. The van der Waals surface area contributed by atoms with Gasteiger partial charge in [-0.3, -0.25) is 9.59 Å². The zero-order chi connectivity index (χ0) is 27.3. The third-order valence-electron chi connectivity index (χ3n) is 11.5. The second-order valence-corrected chi connectivity index (χ2v) is 13.0. The van der Waals surface area contributed by atoms with Crippen molar-refractivity contribution in [1.82, 2.24) is 0 Å². The number of alkyl halides is 2. The molecule has 4 saturated carbocycles. The molecule has 0 saturated heterocycles. The number of rotatable bonds is 6. The first-order chi connectivity index (χ1) is 17.3. The Morgan fingerprint density at radius 1 is 1.14 bits per heavy atom. The molecule has 0 radical (unpaired) electrons. The van der Waals surface area contributed by atoms with Gasteiger partial charge in [-0.05, 0) is 102 Å². The first-order valence-electron chi connectivity index (χ1n) is 14.1. The van der Waals surface area contributed by atoms with Crippen molar-refractivity contribution in [1.29, 1.82) is 0 Å². The number of carbonyl (C=O) groups excluding carboxylic acids is 2. The van der Waals surface area contributed by atoms with E-state index in [1.165, 1.54) is 6.92 Å². The highest BCUT2D eigenvalue weighted by molar-refractivity contribution is 5.76. The molecule has 0 aromatic heterocycles. The van der Waals surface area contributed by atoms with E-state index < -0.39 is 47.3 Å². The molecule has 1 amide bonds. The Morgan fingerprint density at radius 3 is 2.41 bits per heavy atom. The van der Waals surface area contributed by atoms with Gasteiger partial charge in [0.25, 0.3) is 5.92 Å². The number of nitrogens with zero attached hydrogens (tertiary/aromatic N) is 3. The number of fused-ring (bicyclic) bond motifs is 5. The highest BCUT2D eigenvalue weighted by atomic mass is 19.3. The summed E-state index contributed by atoms with van der Waals surface area (Å²) in [7, 11) is 0. The Hall–Kier alpha value is -1.73. The molecule has 0 spiro atoms. The summed E-state index contributed by atoms with van der Waals surface area (Å²) in [6.45, 7) is 9.56. The molecular weight excluding hydrogens is 480 g/mol. The fourth-order valence-electron chi connectivity index (χ4n) is 9.99. The quantitative estimate of drug-likeness (QED) is 0.181. The Morgan fingerprint density at radius 2 is 1.78 bits per heavy atom. The van der Waals surface area contributed by atoms with E-state index in [9.17, 15) is 14.7 Å². The third-order valence-corrected chi connectivity index (χ3v) is 11.5. The number of halogens is 2. The molecule has 4 aliphatic carbocycles. The summed E-state index contributed by atoms with van der Waals surface area (Å²) in [6, 6.07) is 0. The van der Waals surface area contributed by atoms with Crippen LogP contribution in [0.2, 0.25) is 0 Å². The van der Waals surface area contributed by atoms with Crippen LogP contribution < -0.4 is 0 Å².